The number of rotatable bonds is 6. The fourth-order valence-electron chi connectivity index (χ4n) is 3.48. The molecule has 27 heavy (non-hydrogen) atoms. The van der Waals surface area contributed by atoms with E-state index in [9.17, 15) is 5.11 Å². The summed E-state index contributed by atoms with van der Waals surface area (Å²) < 4.78 is 0. The zero-order valence-electron chi connectivity index (χ0n) is 17.8. The van der Waals surface area contributed by atoms with E-state index in [2.05, 4.69) is 19.9 Å². The van der Waals surface area contributed by atoms with Crippen LogP contribution in [0.3, 0.4) is 0 Å². The zero-order chi connectivity index (χ0) is 18.9. The van der Waals surface area contributed by atoms with Crippen molar-refractivity contribution in [3.8, 4) is 0 Å². The van der Waals surface area contributed by atoms with Crippen molar-refractivity contribution in [3.63, 3.8) is 0 Å². The van der Waals surface area contributed by atoms with E-state index in [0.717, 1.165) is 36.8 Å². The van der Waals surface area contributed by atoms with Crippen LogP contribution in [0, 0.1) is 6.08 Å². The van der Waals surface area contributed by atoms with Gasteiger partial charge in [-0.3, -0.25) is 0 Å². The van der Waals surface area contributed by atoms with Crippen LogP contribution in [0.15, 0.2) is 35.9 Å². The topological polar surface area (TPSA) is 20.2 Å². The Morgan fingerprint density at radius 3 is 1.63 bits per heavy atom. The van der Waals surface area contributed by atoms with Crippen LogP contribution in [0.4, 0.5) is 0 Å². The maximum Gasteiger partial charge on any atom is 0.0685 e. The first-order valence-corrected chi connectivity index (χ1v) is 11.1. The van der Waals surface area contributed by atoms with E-state index in [1.807, 2.05) is 30.3 Å². The molecule has 2 heteroatoms. The Hall–Kier alpha value is -0.197. The maximum atomic E-state index is 10.2. The van der Waals surface area contributed by atoms with Crippen LogP contribution in [-0.4, -0.2) is 5.11 Å². The minimum atomic E-state index is -0.479. The molecule has 0 spiro atoms. The maximum absolute atomic E-state index is 10.2. The Kier molecular flexibility index (Phi) is 19.0. The van der Waals surface area contributed by atoms with E-state index in [4.69, 9.17) is 0 Å². The molecule has 2 saturated carbocycles. The fraction of sp³-hybridized carbons (Fsp3) is 0.680. The summed E-state index contributed by atoms with van der Waals surface area (Å²) in [6, 6.07) is 9.82. The van der Waals surface area contributed by atoms with Crippen molar-refractivity contribution in [2.45, 2.75) is 110 Å². The second kappa shape index (κ2) is 19.1. The molecule has 0 bridgehead atoms. The Morgan fingerprint density at radius 1 is 0.815 bits per heavy atom. The summed E-state index contributed by atoms with van der Waals surface area (Å²) in [5, 5.41) is 10.2. The van der Waals surface area contributed by atoms with Crippen molar-refractivity contribution in [1.29, 1.82) is 0 Å². The molecule has 1 N–H and O–H groups in total. The zero-order valence-corrected chi connectivity index (χ0v) is 20.3. The predicted octanol–water partition coefficient (Wildman–Crippen LogP) is 7.95. The van der Waals surface area contributed by atoms with Crippen LogP contribution in [0.25, 0.3) is 0 Å². The summed E-state index contributed by atoms with van der Waals surface area (Å²) in [6.45, 7) is 4.26. The van der Waals surface area contributed by atoms with E-state index < -0.39 is 6.10 Å². The van der Waals surface area contributed by atoms with Crippen molar-refractivity contribution in [1.82, 2.24) is 0 Å². The minimum absolute atomic E-state index is 0. The molecule has 1 nitrogen and oxygen atoms in total. The van der Waals surface area contributed by atoms with Crippen molar-refractivity contribution in [3.05, 3.63) is 47.5 Å². The van der Waals surface area contributed by atoms with Crippen molar-refractivity contribution in [2.75, 3.05) is 0 Å². The van der Waals surface area contributed by atoms with Gasteiger partial charge in [0.15, 0.2) is 0 Å². The van der Waals surface area contributed by atoms with Gasteiger partial charge in [-0.15, -0.1) is 0 Å². The molecule has 0 aromatic heterocycles. The summed E-state index contributed by atoms with van der Waals surface area (Å²) >= 11 is 0. The quantitative estimate of drug-likeness (QED) is 0.438. The van der Waals surface area contributed by atoms with Gasteiger partial charge in [-0.05, 0) is 5.56 Å². The third-order valence-corrected chi connectivity index (χ3v) is 5.07. The predicted molar refractivity (Wildman–Crippen MR) is 114 cm³/mol. The Labute approximate surface area is 188 Å². The van der Waals surface area contributed by atoms with Crippen LogP contribution in [0.2, 0.25) is 0 Å². The molecule has 1 aromatic carbocycles. The van der Waals surface area contributed by atoms with Gasteiger partial charge in [0.1, 0.15) is 0 Å². The molecule has 2 fully saturated rings. The molecule has 0 heterocycles. The third-order valence-electron chi connectivity index (χ3n) is 5.07. The Bertz CT molecular complexity index is 421. The van der Waals surface area contributed by atoms with E-state index in [1.54, 1.807) is 0 Å². The van der Waals surface area contributed by atoms with Crippen molar-refractivity contribution >= 4 is 0 Å². The van der Waals surface area contributed by atoms with E-state index in [-0.39, 0.29) is 26.2 Å². The molecule has 1 unspecified atom stereocenters. The number of unbranched alkanes of at least 4 members (excludes halogenated alkanes) is 1. The number of hydrogen-bond donors (Lipinski definition) is 1. The van der Waals surface area contributed by atoms with Crippen LogP contribution >= 0.6 is 0 Å². The van der Waals surface area contributed by atoms with Crippen LogP contribution in [-0.2, 0) is 26.2 Å². The molecule has 2 aliphatic carbocycles. The number of allylic oxidation sites excluding steroid dienone is 1. The first kappa shape index (κ1) is 26.8. The molecule has 0 amide bonds. The molecule has 3 rings (SSSR count). The summed E-state index contributed by atoms with van der Waals surface area (Å²) in [7, 11) is 0. The van der Waals surface area contributed by atoms with Gasteiger partial charge in [-0.25, -0.2) is 5.57 Å². The fourth-order valence-corrected chi connectivity index (χ4v) is 3.48. The van der Waals surface area contributed by atoms with E-state index in [1.165, 1.54) is 64.2 Å². The Balaban J connectivity index is 0.000000496. The van der Waals surface area contributed by atoms with Crippen LogP contribution in [0.1, 0.15) is 115 Å². The number of aliphatic hydroxyl groups excluding tert-OH is 1. The molecule has 1 atom stereocenters. The van der Waals surface area contributed by atoms with Gasteiger partial charge in [-0.1, -0.05) is 128 Å². The smallest absolute Gasteiger partial charge is 0.0685 e. The largest absolute Gasteiger partial charge is 0.494 e. The number of hydrogen-bond acceptors (Lipinski definition) is 1. The monoisotopic (exact) mass is 447 g/mol. The summed E-state index contributed by atoms with van der Waals surface area (Å²) in [4.78, 5) is 0. The van der Waals surface area contributed by atoms with Crippen LogP contribution < -0.4 is 0 Å². The normalized spacial score (nSPS) is 17.1. The summed E-state index contributed by atoms with van der Waals surface area (Å²) in [6.07, 6.45) is 21.8. The average molecular weight is 449 g/mol. The van der Waals surface area contributed by atoms with E-state index >= 15 is 0 Å². The van der Waals surface area contributed by atoms with Crippen molar-refractivity contribution in [2.24, 2.45) is 0 Å². The first-order valence-electron chi connectivity index (χ1n) is 11.1. The average Bonchev–Trinajstić information content (AvgIpc) is 3.44. The molecule has 0 radical (unpaired) electrons. The third kappa shape index (κ3) is 13.6. The minimum Gasteiger partial charge on any atom is -0.494 e. The van der Waals surface area contributed by atoms with E-state index in [0.29, 0.717) is 0 Å². The van der Waals surface area contributed by atoms with Gasteiger partial charge >= 0.3 is 0 Å². The molecule has 0 aliphatic heterocycles. The van der Waals surface area contributed by atoms with Gasteiger partial charge in [-0.2, -0.15) is 6.42 Å². The second-order valence-corrected chi connectivity index (χ2v) is 7.55. The Morgan fingerprint density at radius 2 is 1.26 bits per heavy atom. The molecular formula is C25H41OZr-. The number of aliphatic hydroxyl groups is 1. The van der Waals surface area contributed by atoms with Gasteiger partial charge in [0.05, 0.1) is 6.10 Å². The molecule has 1 aromatic rings. The molecular weight excluding hydrogens is 407 g/mol. The van der Waals surface area contributed by atoms with Gasteiger partial charge in [0.25, 0.3) is 0 Å². The summed E-state index contributed by atoms with van der Waals surface area (Å²) in [5.41, 5.74) is 2.00. The van der Waals surface area contributed by atoms with Crippen LogP contribution in [0.5, 0.6) is 0 Å². The summed E-state index contributed by atoms with van der Waals surface area (Å²) in [5.74, 6) is 0. The molecule has 2 aliphatic rings. The van der Waals surface area contributed by atoms with Gasteiger partial charge in [0.2, 0.25) is 0 Å². The van der Waals surface area contributed by atoms with Gasteiger partial charge < -0.3 is 11.2 Å². The number of benzene rings is 1. The van der Waals surface area contributed by atoms with Gasteiger partial charge in [0, 0.05) is 26.2 Å². The SMILES string of the molecule is C1CCCC1.C1CCCC1.CCC[C-]=C(CCC)C(O)c1ccccc1.[Zr]. The molecule has 152 valence electrons. The second-order valence-electron chi connectivity index (χ2n) is 7.55. The first-order chi connectivity index (χ1) is 12.8. The molecule has 0 saturated heterocycles. The van der Waals surface area contributed by atoms with Crippen molar-refractivity contribution < 1.29 is 31.3 Å². The standard InChI is InChI=1S/C15H21O.2C5H10.Zr/c1-3-5-10-13(9-4-2)15(16)14-11-7-6-8-12-14;2*1-2-4-5-3-1;/h6-8,11-12,15-16H,3-5,9H2,1-2H3;2*1-5H2;/q-1;;;.